The minimum absolute atomic E-state index is 0.000950. The smallest absolute Gasteiger partial charge is 0.382 e. The monoisotopic (exact) mass is 343 g/mol. The first kappa shape index (κ1) is 16.3. The molecule has 0 aliphatic carbocycles. The first-order valence-electron chi connectivity index (χ1n) is 5.71. The van der Waals surface area contributed by atoms with Gasteiger partial charge in [-0.3, -0.25) is 9.09 Å². The van der Waals surface area contributed by atoms with E-state index >= 15 is 0 Å². The minimum atomic E-state index is -4.81. The van der Waals surface area contributed by atoms with Crippen molar-refractivity contribution < 1.29 is 28.0 Å². The van der Waals surface area contributed by atoms with Crippen LogP contribution >= 0.6 is 19.4 Å². The number of nitrogens with zero attached hydrogens (tertiary/aromatic N) is 2. The summed E-state index contributed by atoms with van der Waals surface area (Å²) in [6.07, 6.45) is -0.00464. The van der Waals surface area contributed by atoms with Crippen molar-refractivity contribution in [1.82, 2.24) is 9.55 Å². The number of hydrogen-bond donors (Lipinski definition) is 3. The Morgan fingerprint density at radius 1 is 1.71 bits per heavy atom. The second-order valence-corrected chi connectivity index (χ2v) is 6.07. The van der Waals surface area contributed by atoms with Gasteiger partial charge < -0.3 is 20.3 Å². The highest BCUT2D eigenvalue weighted by Crippen LogP contribution is 2.42. The fraction of sp³-hybridized carbons (Fsp3) is 0.556. The molecule has 1 aliphatic rings. The van der Waals surface area contributed by atoms with Gasteiger partial charge in [0.1, 0.15) is 18.7 Å². The van der Waals surface area contributed by atoms with E-state index in [2.05, 4.69) is 9.51 Å². The van der Waals surface area contributed by atoms with E-state index in [4.69, 9.17) is 31.9 Å². The number of rotatable bonds is 4. The minimum Gasteiger partial charge on any atom is -0.382 e. The number of nitrogen functional groups attached to an aromatic ring is 1. The summed E-state index contributed by atoms with van der Waals surface area (Å²) in [5.41, 5.74) is 4.58. The molecule has 21 heavy (non-hydrogen) atoms. The molecule has 118 valence electrons. The number of halogens is 2. The predicted octanol–water partition coefficient (Wildman–Crippen LogP) is 0.563. The molecule has 12 heteroatoms. The fourth-order valence-electron chi connectivity index (χ4n) is 1.85. The maximum atomic E-state index is 14.2. The molecule has 1 aromatic heterocycles. The van der Waals surface area contributed by atoms with Crippen LogP contribution < -0.4 is 11.4 Å². The van der Waals surface area contributed by atoms with Crippen LogP contribution in [-0.4, -0.2) is 31.8 Å². The number of nitrogens with two attached hydrogens (primary N) is 1. The Morgan fingerprint density at radius 2 is 2.38 bits per heavy atom. The highest BCUT2D eigenvalue weighted by molar-refractivity contribution is 7.46. The van der Waals surface area contributed by atoms with Gasteiger partial charge in [-0.05, 0) is 6.42 Å². The van der Waals surface area contributed by atoms with Crippen molar-refractivity contribution in [3.05, 3.63) is 21.7 Å². The third kappa shape index (κ3) is 4.00. The van der Waals surface area contributed by atoms with Crippen LogP contribution in [0.1, 0.15) is 19.1 Å². The van der Waals surface area contributed by atoms with E-state index in [0.717, 1.165) is 10.8 Å². The molecule has 0 saturated carbocycles. The van der Waals surface area contributed by atoms with Crippen LogP contribution in [0.4, 0.5) is 10.2 Å². The van der Waals surface area contributed by atoms with Gasteiger partial charge in [0, 0.05) is 12.6 Å². The van der Waals surface area contributed by atoms with Crippen molar-refractivity contribution in [3.8, 4) is 0 Å². The molecule has 2 rings (SSSR count). The van der Waals surface area contributed by atoms with Crippen molar-refractivity contribution in [2.24, 2.45) is 0 Å². The van der Waals surface area contributed by atoms with Crippen LogP contribution in [0.5, 0.6) is 0 Å². The number of hydrogen-bond acceptors (Lipinski definition) is 6. The zero-order valence-electron chi connectivity index (χ0n) is 10.5. The number of phosphoric ester groups is 1. The zero-order valence-corrected chi connectivity index (χ0v) is 12.1. The van der Waals surface area contributed by atoms with Gasteiger partial charge in [0.2, 0.25) is 5.85 Å². The van der Waals surface area contributed by atoms with Crippen LogP contribution in [0, 0.1) is 0 Å². The van der Waals surface area contributed by atoms with E-state index < -0.39 is 32.2 Å². The van der Waals surface area contributed by atoms with Crippen LogP contribution in [0.2, 0.25) is 5.02 Å². The third-order valence-corrected chi connectivity index (χ3v) is 3.56. The molecular weight excluding hydrogens is 332 g/mol. The summed E-state index contributed by atoms with van der Waals surface area (Å²) in [6, 6.07) is 0. The molecule has 0 spiro atoms. The number of phosphoric acid groups is 1. The average Bonchev–Trinajstić information content (AvgIpc) is 2.74. The number of ether oxygens (including phenoxy) is 1. The second kappa shape index (κ2) is 5.64. The molecule has 0 unspecified atom stereocenters. The van der Waals surface area contributed by atoms with E-state index in [-0.39, 0.29) is 23.7 Å². The van der Waals surface area contributed by atoms with Crippen molar-refractivity contribution in [3.63, 3.8) is 0 Å². The Labute approximate surface area is 122 Å². The maximum absolute atomic E-state index is 14.2. The van der Waals surface area contributed by atoms with Gasteiger partial charge in [0.05, 0.1) is 5.02 Å². The molecule has 1 fully saturated rings. The first-order valence-corrected chi connectivity index (χ1v) is 7.61. The number of aromatic nitrogens is 2. The molecule has 0 aromatic carbocycles. The van der Waals surface area contributed by atoms with Crippen molar-refractivity contribution in [2.45, 2.75) is 24.9 Å². The lowest BCUT2D eigenvalue weighted by molar-refractivity contribution is -0.175. The lowest BCUT2D eigenvalue weighted by Crippen LogP contribution is -2.32. The summed E-state index contributed by atoms with van der Waals surface area (Å²) in [5, 5.41) is 0.000950. The molecule has 0 radical (unpaired) electrons. The quantitative estimate of drug-likeness (QED) is 0.674. The first-order chi connectivity index (χ1) is 9.60. The van der Waals surface area contributed by atoms with Gasteiger partial charge in [-0.2, -0.15) is 4.98 Å². The van der Waals surface area contributed by atoms with Crippen LogP contribution in [0.15, 0.2) is 11.0 Å². The van der Waals surface area contributed by atoms with E-state index in [1.54, 1.807) is 0 Å². The highest BCUT2D eigenvalue weighted by atomic mass is 35.5. The topological polar surface area (TPSA) is 137 Å². The summed E-state index contributed by atoms with van der Waals surface area (Å²) in [6.45, 7) is -0.960. The standard InChI is InChI=1S/C9H12ClFN3O6P/c10-5-3-14(8(15)13-7(5)12)6-1-2-9(11,20-6)4-19-21(16,17)18/h3,6H,1-2,4H2,(H2,12,13,15)(H2,16,17,18)/t6-,9+/m1/s1. The molecule has 0 bridgehead atoms. The fourth-order valence-corrected chi connectivity index (χ4v) is 2.36. The van der Waals surface area contributed by atoms with Gasteiger partial charge in [-0.25, -0.2) is 13.8 Å². The van der Waals surface area contributed by atoms with E-state index in [0.29, 0.717) is 0 Å². The van der Waals surface area contributed by atoms with Crippen LogP contribution in [-0.2, 0) is 13.8 Å². The van der Waals surface area contributed by atoms with Gasteiger partial charge in [0.25, 0.3) is 0 Å². The molecule has 1 aromatic rings. The highest BCUT2D eigenvalue weighted by Gasteiger charge is 2.43. The average molecular weight is 344 g/mol. The zero-order chi connectivity index (χ0) is 15.8. The Balaban J connectivity index is 2.14. The van der Waals surface area contributed by atoms with Crippen molar-refractivity contribution >= 4 is 25.2 Å². The Morgan fingerprint density at radius 3 is 3.00 bits per heavy atom. The Bertz CT molecular complexity index is 651. The number of anilines is 1. The van der Waals surface area contributed by atoms with Gasteiger partial charge >= 0.3 is 13.5 Å². The molecule has 2 heterocycles. The Kier molecular flexibility index (Phi) is 4.39. The van der Waals surface area contributed by atoms with Crippen molar-refractivity contribution in [2.75, 3.05) is 12.3 Å². The summed E-state index contributed by atoms with van der Waals surface area (Å²) < 4.78 is 34.8. The summed E-state index contributed by atoms with van der Waals surface area (Å²) >= 11 is 5.73. The third-order valence-electron chi connectivity index (χ3n) is 2.80. The second-order valence-electron chi connectivity index (χ2n) is 4.42. The van der Waals surface area contributed by atoms with Crippen molar-refractivity contribution in [1.29, 1.82) is 0 Å². The van der Waals surface area contributed by atoms with Gasteiger partial charge in [0.15, 0.2) is 0 Å². The van der Waals surface area contributed by atoms with E-state index in [1.807, 2.05) is 0 Å². The molecule has 1 saturated heterocycles. The summed E-state index contributed by atoms with van der Waals surface area (Å²) in [4.78, 5) is 32.2. The van der Waals surface area contributed by atoms with Crippen LogP contribution in [0.25, 0.3) is 0 Å². The molecular formula is C9H12ClFN3O6P. The lowest BCUT2D eigenvalue weighted by atomic mass is 10.2. The Hall–Kier alpha value is -1.03. The lowest BCUT2D eigenvalue weighted by Gasteiger charge is -2.21. The normalized spacial score (nSPS) is 26.2. The van der Waals surface area contributed by atoms with Gasteiger partial charge in [-0.15, -0.1) is 0 Å². The van der Waals surface area contributed by atoms with E-state index in [1.165, 1.54) is 0 Å². The summed E-state index contributed by atoms with van der Waals surface area (Å²) in [7, 11) is -4.81. The summed E-state index contributed by atoms with van der Waals surface area (Å²) in [5.74, 6) is -2.58. The molecule has 1 aliphatic heterocycles. The largest absolute Gasteiger partial charge is 0.469 e. The predicted molar refractivity (Wildman–Crippen MR) is 69.1 cm³/mol. The molecule has 9 nitrogen and oxygen atoms in total. The number of alkyl halides is 1. The molecule has 0 amide bonds. The molecule has 4 N–H and O–H groups in total. The SMILES string of the molecule is Nc1nc(=O)n([C@H]2CC[C@@](F)(COP(=O)(O)O)O2)cc1Cl. The van der Waals surface area contributed by atoms with E-state index in [9.17, 15) is 13.8 Å². The van der Waals surface area contributed by atoms with Gasteiger partial charge in [-0.1, -0.05) is 11.6 Å². The van der Waals surface area contributed by atoms with Crippen LogP contribution in [0.3, 0.4) is 0 Å². The molecule has 2 atom stereocenters. The maximum Gasteiger partial charge on any atom is 0.469 e.